The Kier molecular flexibility index (Phi) is 7.10. The van der Waals surface area contributed by atoms with Gasteiger partial charge in [-0.3, -0.25) is 14.5 Å². The number of hydrogen-bond acceptors (Lipinski definition) is 3. The van der Waals surface area contributed by atoms with Crippen LogP contribution in [0.4, 0.5) is 0 Å². The Morgan fingerprint density at radius 3 is 2.25 bits per heavy atom. The molecule has 0 atom stereocenters. The molecule has 0 N–H and O–H groups in total. The summed E-state index contributed by atoms with van der Waals surface area (Å²) in [5.74, 6) is 0.273. The minimum atomic E-state index is 0.0384. The largest absolute Gasteiger partial charge is 0.342 e. The van der Waals surface area contributed by atoms with Gasteiger partial charge in [-0.2, -0.15) is 0 Å². The molecule has 2 aliphatic heterocycles. The van der Waals surface area contributed by atoms with Crippen LogP contribution in [0.2, 0.25) is 0 Å². The van der Waals surface area contributed by atoms with Crippen molar-refractivity contribution in [3.63, 3.8) is 0 Å². The van der Waals surface area contributed by atoms with Gasteiger partial charge in [0.15, 0.2) is 0 Å². The smallest absolute Gasteiger partial charge is 0.246 e. The number of rotatable bonds is 5. The lowest BCUT2D eigenvalue weighted by Crippen LogP contribution is -2.51. The lowest BCUT2D eigenvalue weighted by Gasteiger charge is -2.35. The number of nitrogens with zero attached hydrogens (tertiary/aromatic N) is 4. The molecular formula is C26H34N4O2. The Labute approximate surface area is 191 Å². The van der Waals surface area contributed by atoms with Crippen LogP contribution in [0, 0.1) is 13.8 Å². The van der Waals surface area contributed by atoms with Gasteiger partial charge >= 0.3 is 0 Å². The zero-order valence-corrected chi connectivity index (χ0v) is 19.3. The molecule has 0 unspecified atom stereocenters. The average Bonchev–Trinajstić information content (AvgIpc) is 3.12. The van der Waals surface area contributed by atoms with E-state index in [1.165, 1.54) is 6.42 Å². The van der Waals surface area contributed by atoms with Gasteiger partial charge in [-0.05, 0) is 62.9 Å². The van der Waals surface area contributed by atoms with Gasteiger partial charge in [0.1, 0.15) is 0 Å². The first-order valence-corrected chi connectivity index (χ1v) is 11.7. The van der Waals surface area contributed by atoms with Crippen molar-refractivity contribution in [1.29, 1.82) is 0 Å². The standard InChI is InChI=1S/C26H34N4O2/c1-21-19-23(22(2)30(21)24-9-5-3-6-10-24)11-12-25(31)29-17-15-27(16-18-29)20-26(32)28-13-7-4-8-14-28/h3,5-6,9-12,19H,4,7-8,13-18,20H2,1-2H3/b12-11+. The minimum Gasteiger partial charge on any atom is -0.342 e. The fourth-order valence-electron chi connectivity index (χ4n) is 4.76. The topological polar surface area (TPSA) is 48.8 Å². The maximum absolute atomic E-state index is 12.8. The lowest BCUT2D eigenvalue weighted by molar-refractivity contribution is -0.134. The van der Waals surface area contributed by atoms with Crippen LogP contribution < -0.4 is 0 Å². The molecule has 1 aromatic carbocycles. The Bertz CT molecular complexity index is 965. The van der Waals surface area contributed by atoms with E-state index in [-0.39, 0.29) is 11.8 Å². The van der Waals surface area contributed by atoms with Crippen LogP contribution >= 0.6 is 0 Å². The SMILES string of the molecule is Cc1cc(/C=C/C(=O)N2CCN(CC(=O)N3CCCCC3)CC2)c(C)n1-c1ccccc1. The van der Waals surface area contributed by atoms with Crippen molar-refractivity contribution < 1.29 is 9.59 Å². The van der Waals surface area contributed by atoms with Gasteiger partial charge < -0.3 is 14.4 Å². The van der Waals surface area contributed by atoms with E-state index in [1.54, 1.807) is 6.08 Å². The second-order valence-corrected chi connectivity index (χ2v) is 8.87. The molecule has 2 saturated heterocycles. The summed E-state index contributed by atoms with van der Waals surface area (Å²) in [5, 5.41) is 0. The number of likely N-dealkylation sites (tertiary alicyclic amines) is 1. The van der Waals surface area contributed by atoms with Crippen LogP contribution in [0.1, 0.15) is 36.2 Å². The second kappa shape index (κ2) is 10.2. The number of piperidine rings is 1. The molecule has 0 saturated carbocycles. The molecule has 2 aliphatic rings. The van der Waals surface area contributed by atoms with Crippen molar-refractivity contribution in [2.75, 3.05) is 45.8 Å². The summed E-state index contributed by atoms with van der Waals surface area (Å²) in [7, 11) is 0. The first kappa shape index (κ1) is 22.3. The van der Waals surface area contributed by atoms with Crippen molar-refractivity contribution in [3.05, 3.63) is 59.4 Å². The van der Waals surface area contributed by atoms with Gasteiger partial charge in [-0.15, -0.1) is 0 Å². The average molecular weight is 435 g/mol. The van der Waals surface area contributed by atoms with Gasteiger partial charge in [0, 0.05) is 62.4 Å². The third kappa shape index (κ3) is 5.13. The number of hydrogen-bond donors (Lipinski definition) is 0. The van der Waals surface area contributed by atoms with Gasteiger partial charge in [-0.1, -0.05) is 18.2 Å². The fraction of sp³-hybridized carbons (Fsp3) is 0.462. The minimum absolute atomic E-state index is 0.0384. The first-order chi connectivity index (χ1) is 15.5. The van der Waals surface area contributed by atoms with E-state index < -0.39 is 0 Å². The Morgan fingerprint density at radius 2 is 1.56 bits per heavy atom. The molecule has 6 heteroatoms. The maximum atomic E-state index is 12.8. The predicted octanol–water partition coefficient (Wildman–Crippen LogP) is 3.26. The number of aromatic nitrogens is 1. The summed E-state index contributed by atoms with van der Waals surface area (Å²) in [6, 6.07) is 12.4. The molecule has 4 rings (SSSR count). The highest BCUT2D eigenvalue weighted by atomic mass is 16.2. The molecule has 3 heterocycles. The van der Waals surface area contributed by atoms with E-state index in [0.717, 1.165) is 61.7 Å². The van der Waals surface area contributed by atoms with Crippen molar-refractivity contribution in [1.82, 2.24) is 19.3 Å². The number of aryl methyl sites for hydroxylation is 1. The zero-order chi connectivity index (χ0) is 22.5. The van der Waals surface area contributed by atoms with E-state index in [4.69, 9.17) is 0 Å². The van der Waals surface area contributed by atoms with E-state index in [0.29, 0.717) is 19.6 Å². The van der Waals surface area contributed by atoms with Crippen LogP contribution in [0.3, 0.4) is 0 Å². The highest BCUT2D eigenvalue weighted by molar-refractivity contribution is 5.92. The van der Waals surface area contributed by atoms with E-state index in [9.17, 15) is 9.59 Å². The molecule has 0 spiro atoms. The van der Waals surface area contributed by atoms with Crippen molar-refractivity contribution >= 4 is 17.9 Å². The van der Waals surface area contributed by atoms with E-state index >= 15 is 0 Å². The van der Waals surface area contributed by atoms with Crippen LogP contribution in [-0.2, 0) is 9.59 Å². The Morgan fingerprint density at radius 1 is 0.875 bits per heavy atom. The predicted molar refractivity (Wildman–Crippen MR) is 128 cm³/mol. The second-order valence-electron chi connectivity index (χ2n) is 8.87. The van der Waals surface area contributed by atoms with Gasteiger partial charge in [0.25, 0.3) is 0 Å². The summed E-state index contributed by atoms with van der Waals surface area (Å²) in [4.78, 5) is 31.3. The summed E-state index contributed by atoms with van der Waals surface area (Å²) in [5.41, 5.74) is 4.46. The normalized spacial score (nSPS) is 17.8. The third-order valence-corrected chi connectivity index (χ3v) is 6.64. The van der Waals surface area contributed by atoms with E-state index in [2.05, 4.69) is 41.5 Å². The van der Waals surface area contributed by atoms with Crippen molar-refractivity contribution in [2.24, 2.45) is 0 Å². The molecule has 2 aromatic rings. The van der Waals surface area contributed by atoms with Gasteiger partial charge in [0.2, 0.25) is 11.8 Å². The van der Waals surface area contributed by atoms with Crippen LogP contribution in [-0.4, -0.2) is 76.9 Å². The Balaban J connectivity index is 1.31. The summed E-state index contributed by atoms with van der Waals surface area (Å²) >= 11 is 0. The number of benzene rings is 1. The van der Waals surface area contributed by atoms with Crippen molar-refractivity contribution in [3.8, 4) is 5.69 Å². The van der Waals surface area contributed by atoms with Crippen LogP contribution in [0.25, 0.3) is 11.8 Å². The summed E-state index contributed by atoms with van der Waals surface area (Å²) in [6.45, 7) is 9.28. The van der Waals surface area contributed by atoms with Crippen LogP contribution in [0.5, 0.6) is 0 Å². The van der Waals surface area contributed by atoms with Gasteiger partial charge in [0.05, 0.1) is 6.54 Å². The zero-order valence-electron chi connectivity index (χ0n) is 19.3. The molecule has 2 amide bonds. The number of carbonyl (C=O) groups is 2. The monoisotopic (exact) mass is 434 g/mol. The lowest BCUT2D eigenvalue weighted by atomic mass is 10.1. The molecule has 0 bridgehead atoms. The molecule has 2 fully saturated rings. The maximum Gasteiger partial charge on any atom is 0.246 e. The molecule has 170 valence electrons. The first-order valence-electron chi connectivity index (χ1n) is 11.7. The number of carbonyl (C=O) groups excluding carboxylic acids is 2. The molecule has 0 radical (unpaired) electrons. The van der Waals surface area contributed by atoms with Gasteiger partial charge in [-0.25, -0.2) is 0 Å². The molecular weight excluding hydrogens is 400 g/mol. The Hall–Kier alpha value is -2.86. The van der Waals surface area contributed by atoms with Crippen LogP contribution in [0.15, 0.2) is 42.5 Å². The highest BCUT2D eigenvalue weighted by Crippen LogP contribution is 2.22. The highest BCUT2D eigenvalue weighted by Gasteiger charge is 2.24. The quantitative estimate of drug-likeness (QED) is 0.679. The summed E-state index contributed by atoms with van der Waals surface area (Å²) in [6.07, 6.45) is 7.08. The van der Waals surface area contributed by atoms with Crippen molar-refractivity contribution in [2.45, 2.75) is 33.1 Å². The molecule has 1 aromatic heterocycles. The molecule has 32 heavy (non-hydrogen) atoms. The third-order valence-electron chi connectivity index (χ3n) is 6.64. The number of para-hydroxylation sites is 1. The number of piperazine rings is 1. The summed E-state index contributed by atoms with van der Waals surface area (Å²) < 4.78 is 2.21. The van der Waals surface area contributed by atoms with E-state index in [1.807, 2.05) is 34.1 Å². The number of amides is 2. The fourth-order valence-corrected chi connectivity index (χ4v) is 4.76. The molecule has 6 nitrogen and oxygen atoms in total. The molecule has 0 aliphatic carbocycles.